The monoisotopic (exact) mass is 415 g/mol. The molecule has 1 heterocycles. The third kappa shape index (κ3) is 5.60. The van der Waals surface area contributed by atoms with Crippen molar-refractivity contribution < 1.29 is 14.6 Å². The number of quaternary nitrogens is 2. The summed E-state index contributed by atoms with van der Waals surface area (Å²) in [6, 6.07) is 25.0. The van der Waals surface area contributed by atoms with Crippen LogP contribution in [0.25, 0.3) is 0 Å². The highest BCUT2D eigenvalue weighted by Gasteiger charge is 2.23. The third-order valence-corrected chi connectivity index (χ3v) is 6.35. The van der Waals surface area contributed by atoms with E-state index in [1.54, 1.807) is 9.80 Å². The first-order valence-electron chi connectivity index (χ1n) is 11.3. The Bertz CT molecular complexity index is 986. The molecule has 0 saturated carbocycles. The second kappa shape index (κ2) is 9.90. The molecular formula is C27H33N3O+2. The molecular weight excluding hydrogens is 382 g/mol. The van der Waals surface area contributed by atoms with Crippen LogP contribution in [0.2, 0.25) is 0 Å². The van der Waals surface area contributed by atoms with Crippen molar-refractivity contribution in [2.75, 3.05) is 31.5 Å². The van der Waals surface area contributed by atoms with E-state index in [0.29, 0.717) is 5.56 Å². The number of carbonyl (C=O) groups is 1. The third-order valence-electron chi connectivity index (χ3n) is 6.35. The van der Waals surface area contributed by atoms with Crippen LogP contribution < -0.4 is 15.1 Å². The van der Waals surface area contributed by atoms with E-state index < -0.39 is 0 Å². The van der Waals surface area contributed by atoms with E-state index in [0.717, 1.165) is 29.9 Å². The van der Waals surface area contributed by atoms with Crippen molar-refractivity contribution in [3.63, 3.8) is 0 Å². The lowest BCUT2D eigenvalue weighted by atomic mass is 10.1. The van der Waals surface area contributed by atoms with Gasteiger partial charge in [-0.25, -0.2) is 0 Å². The van der Waals surface area contributed by atoms with Gasteiger partial charge in [0.25, 0.3) is 5.91 Å². The number of hydrogen-bond donors (Lipinski definition) is 3. The lowest BCUT2D eigenvalue weighted by molar-refractivity contribution is -1.02. The molecule has 3 aromatic carbocycles. The normalized spacial score (nSPS) is 18.5. The highest BCUT2D eigenvalue weighted by atomic mass is 16.1. The minimum atomic E-state index is -0.0468. The number of benzene rings is 3. The molecule has 0 aliphatic carbocycles. The van der Waals surface area contributed by atoms with Gasteiger partial charge >= 0.3 is 0 Å². The van der Waals surface area contributed by atoms with Gasteiger partial charge in [0.05, 0.1) is 0 Å². The molecule has 0 atom stereocenters. The molecule has 1 fully saturated rings. The van der Waals surface area contributed by atoms with Crippen LogP contribution >= 0.6 is 0 Å². The Balaban J connectivity index is 1.28. The van der Waals surface area contributed by atoms with Crippen LogP contribution in [0.4, 0.5) is 5.69 Å². The van der Waals surface area contributed by atoms with E-state index in [2.05, 4.69) is 47.8 Å². The molecule has 4 heteroatoms. The van der Waals surface area contributed by atoms with Gasteiger partial charge in [0, 0.05) is 22.4 Å². The summed E-state index contributed by atoms with van der Waals surface area (Å²) in [6.45, 7) is 11.0. The second-order valence-electron chi connectivity index (χ2n) is 8.76. The maximum Gasteiger partial charge on any atom is 0.255 e. The fourth-order valence-electron chi connectivity index (χ4n) is 4.46. The smallest absolute Gasteiger partial charge is 0.255 e. The van der Waals surface area contributed by atoms with E-state index >= 15 is 0 Å². The van der Waals surface area contributed by atoms with Gasteiger partial charge in [-0.1, -0.05) is 60.7 Å². The van der Waals surface area contributed by atoms with Crippen molar-refractivity contribution in [3.05, 3.63) is 101 Å². The SMILES string of the molecule is Cc1cccc(C)c1NC(=O)c1ccc(C[NH+]2CC[NH+](Cc3ccccc3)CC2)cc1. The highest BCUT2D eigenvalue weighted by molar-refractivity contribution is 6.05. The Morgan fingerprint density at radius 1 is 0.710 bits per heavy atom. The van der Waals surface area contributed by atoms with Crippen molar-refractivity contribution >= 4 is 11.6 Å². The van der Waals surface area contributed by atoms with E-state index in [-0.39, 0.29) is 5.91 Å². The maximum absolute atomic E-state index is 12.7. The molecule has 0 radical (unpaired) electrons. The van der Waals surface area contributed by atoms with Gasteiger partial charge in [0.2, 0.25) is 0 Å². The Labute approximate surface area is 185 Å². The average Bonchev–Trinajstić information content (AvgIpc) is 2.79. The largest absolute Gasteiger partial charge is 0.322 e. The van der Waals surface area contributed by atoms with Crippen molar-refractivity contribution in [1.82, 2.24) is 0 Å². The molecule has 1 saturated heterocycles. The van der Waals surface area contributed by atoms with Gasteiger partial charge in [0.15, 0.2) is 0 Å². The maximum atomic E-state index is 12.7. The molecule has 1 amide bonds. The molecule has 0 spiro atoms. The average molecular weight is 416 g/mol. The number of anilines is 1. The van der Waals surface area contributed by atoms with Gasteiger partial charge in [-0.15, -0.1) is 0 Å². The van der Waals surface area contributed by atoms with Crippen LogP contribution in [0.3, 0.4) is 0 Å². The summed E-state index contributed by atoms with van der Waals surface area (Å²) in [4.78, 5) is 16.0. The molecule has 31 heavy (non-hydrogen) atoms. The first-order chi connectivity index (χ1) is 15.1. The second-order valence-corrected chi connectivity index (χ2v) is 8.76. The molecule has 1 aliphatic heterocycles. The Kier molecular flexibility index (Phi) is 6.80. The van der Waals surface area contributed by atoms with Crippen LogP contribution in [0.5, 0.6) is 0 Å². The standard InChI is InChI=1S/C27H31N3O/c1-21-7-6-8-22(2)26(21)28-27(31)25-13-11-24(12-14-25)20-30-17-15-29(16-18-30)19-23-9-4-3-5-10-23/h3-14H,15-20H2,1-2H3,(H,28,31)/p+2. The van der Waals surface area contributed by atoms with Crippen LogP contribution in [-0.4, -0.2) is 32.1 Å². The number of carbonyl (C=O) groups excluding carboxylic acids is 1. The predicted molar refractivity (Wildman–Crippen MR) is 126 cm³/mol. The van der Waals surface area contributed by atoms with Crippen molar-refractivity contribution in [3.8, 4) is 0 Å². The topological polar surface area (TPSA) is 38.0 Å². The molecule has 4 rings (SSSR count). The molecule has 1 aliphatic rings. The highest BCUT2D eigenvalue weighted by Crippen LogP contribution is 2.20. The van der Waals surface area contributed by atoms with Gasteiger partial charge in [-0.2, -0.15) is 0 Å². The van der Waals surface area contributed by atoms with Crippen LogP contribution in [-0.2, 0) is 13.1 Å². The van der Waals surface area contributed by atoms with Crippen LogP contribution in [0, 0.1) is 13.8 Å². The first kappa shape index (κ1) is 21.3. The van der Waals surface area contributed by atoms with Crippen LogP contribution in [0.15, 0.2) is 72.8 Å². The Morgan fingerprint density at radius 3 is 1.77 bits per heavy atom. The summed E-state index contributed by atoms with van der Waals surface area (Å²) in [5, 5.41) is 3.07. The molecule has 0 aromatic heterocycles. The quantitative estimate of drug-likeness (QED) is 0.566. The number of nitrogens with one attached hydrogen (secondary N) is 3. The molecule has 4 nitrogen and oxygen atoms in total. The summed E-state index contributed by atoms with van der Waals surface area (Å²) < 4.78 is 0. The van der Waals surface area contributed by atoms with Gasteiger partial charge < -0.3 is 15.1 Å². The minimum absolute atomic E-state index is 0.0468. The Morgan fingerprint density at radius 2 is 1.23 bits per heavy atom. The number of amides is 1. The summed E-state index contributed by atoms with van der Waals surface area (Å²) in [5.41, 5.74) is 6.51. The molecule has 0 unspecified atom stereocenters. The van der Waals surface area contributed by atoms with Crippen molar-refractivity contribution in [2.45, 2.75) is 26.9 Å². The fraction of sp³-hybridized carbons (Fsp3) is 0.296. The van der Waals surface area contributed by atoms with E-state index in [1.807, 2.05) is 44.2 Å². The summed E-state index contributed by atoms with van der Waals surface area (Å²) in [6.07, 6.45) is 0. The number of hydrogen-bond acceptors (Lipinski definition) is 1. The molecule has 160 valence electrons. The first-order valence-corrected chi connectivity index (χ1v) is 11.3. The Hall–Kier alpha value is -2.95. The van der Waals surface area contributed by atoms with Gasteiger partial charge in [-0.05, 0) is 37.1 Å². The number of aryl methyl sites for hydroxylation is 2. The van der Waals surface area contributed by atoms with Crippen molar-refractivity contribution in [2.24, 2.45) is 0 Å². The fourth-order valence-corrected chi connectivity index (χ4v) is 4.46. The zero-order valence-corrected chi connectivity index (χ0v) is 18.6. The lowest BCUT2D eigenvalue weighted by Crippen LogP contribution is -3.27. The number of piperazine rings is 1. The zero-order valence-electron chi connectivity index (χ0n) is 18.6. The van der Waals surface area contributed by atoms with Gasteiger partial charge in [-0.3, -0.25) is 4.79 Å². The molecule has 3 aromatic rings. The lowest BCUT2D eigenvalue weighted by Gasteiger charge is -2.29. The van der Waals surface area contributed by atoms with Crippen LogP contribution in [0.1, 0.15) is 32.6 Å². The minimum Gasteiger partial charge on any atom is -0.322 e. The zero-order chi connectivity index (χ0) is 21.6. The number of rotatable bonds is 6. The summed E-state index contributed by atoms with van der Waals surface area (Å²) in [7, 11) is 0. The van der Waals surface area contributed by atoms with E-state index in [4.69, 9.17) is 0 Å². The summed E-state index contributed by atoms with van der Waals surface area (Å²) >= 11 is 0. The number of para-hydroxylation sites is 1. The van der Waals surface area contributed by atoms with Gasteiger partial charge in [0.1, 0.15) is 39.3 Å². The predicted octanol–water partition coefficient (Wildman–Crippen LogP) is 2.04. The summed E-state index contributed by atoms with van der Waals surface area (Å²) in [5.74, 6) is -0.0468. The van der Waals surface area contributed by atoms with E-state index in [9.17, 15) is 4.79 Å². The molecule has 3 N–H and O–H groups in total. The van der Waals surface area contributed by atoms with E-state index in [1.165, 1.54) is 37.3 Å². The van der Waals surface area contributed by atoms with Crippen molar-refractivity contribution in [1.29, 1.82) is 0 Å². The molecule has 0 bridgehead atoms.